The lowest BCUT2D eigenvalue weighted by Crippen LogP contribution is -2.34. The summed E-state index contributed by atoms with van der Waals surface area (Å²) in [5.74, 6) is -0.113. The van der Waals surface area contributed by atoms with Crippen LogP contribution >= 0.6 is 0 Å². The zero-order chi connectivity index (χ0) is 9.80. The molecule has 2 heterocycles. The third-order valence-electron chi connectivity index (χ3n) is 2.78. The monoisotopic (exact) mass is 199 g/mol. The van der Waals surface area contributed by atoms with Crippen LogP contribution in [-0.2, 0) is 14.3 Å². The molecule has 0 spiro atoms. The fourth-order valence-electron chi connectivity index (χ4n) is 1.94. The van der Waals surface area contributed by atoms with E-state index in [-0.39, 0.29) is 18.1 Å². The van der Waals surface area contributed by atoms with Crippen molar-refractivity contribution in [3.8, 4) is 0 Å². The molecule has 2 aliphatic heterocycles. The van der Waals surface area contributed by atoms with Gasteiger partial charge < -0.3 is 14.8 Å². The Bertz CT molecular complexity index is 196. The fourth-order valence-corrected chi connectivity index (χ4v) is 1.94. The first kappa shape index (κ1) is 9.93. The SMILES string of the molecule is O=C(OCC1CCCO1)C1CCCN1. The van der Waals surface area contributed by atoms with Crippen molar-refractivity contribution in [3.63, 3.8) is 0 Å². The van der Waals surface area contributed by atoms with Crippen molar-refractivity contribution < 1.29 is 14.3 Å². The van der Waals surface area contributed by atoms with Crippen LogP contribution in [0.2, 0.25) is 0 Å². The number of ether oxygens (including phenoxy) is 2. The molecule has 2 saturated heterocycles. The van der Waals surface area contributed by atoms with Crippen LogP contribution < -0.4 is 5.32 Å². The van der Waals surface area contributed by atoms with Gasteiger partial charge in [-0.15, -0.1) is 0 Å². The van der Waals surface area contributed by atoms with Crippen LogP contribution in [0.1, 0.15) is 25.7 Å². The second kappa shape index (κ2) is 4.75. The number of carbonyl (C=O) groups excluding carboxylic acids is 1. The summed E-state index contributed by atoms with van der Waals surface area (Å²) in [6.45, 7) is 2.17. The number of carbonyl (C=O) groups is 1. The lowest BCUT2D eigenvalue weighted by atomic mass is 10.2. The van der Waals surface area contributed by atoms with Gasteiger partial charge >= 0.3 is 5.97 Å². The van der Waals surface area contributed by atoms with Gasteiger partial charge in [0.1, 0.15) is 12.6 Å². The van der Waals surface area contributed by atoms with Crippen LogP contribution in [0.4, 0.5) is 0 Å². The Kier molecular flexibility index (Phi) is 3.37. The molecule has 0 aromatic carbocycles. The lowest BCUT2D eigenvalue weighted by Gasteiger charge is -2.13. The van der Waals surface area contributed by atoms with Gasteiger partial charge in [0.2, 0.25) is 0 Å². The maximum atomic E-state index is 11.5. The Hall–Kier alpha value is -0.610. The van der Waals surface area contributed by atoms with Crippen LogP contribution in [-0.4, -0.2) is 37.9 Å². The van der Waals surface area contributed by atoms with Gasteiger partial charge in [0.25, 0.3) is 0 Å². The van der Waals surface area contributed by atoms with E-state index in [1.807, 2.05) is 0 Å². The standard InChI is InChI=1S/C10H17NO3/c12-10(9-4-1-5-11-9)14-7-8-3-2-6-13-8/h8-9,11H,1-7H2. The first-order valence-electron chi connectivity index (χ1n) is 5.38. The molecule has 4 nitrogen and oxygen atoms in total. The van der Waals surface area contributed by atoms with Crippen molar-refractivity contribution in [2.45, 2.75) is 37.8 Å². The van der Waals surface area contributed by atoms with Crippen molar-refractivity contribution in [2.24, 2.45) is 0 Å². The molecule has 2 unspecified atom stereocenters. The minimum Gasteiger partial charge on any atom is -0.462 e. The van der Waals surface area contributed by atoms with Gasteiger partial charge in [-0.2, -0.15) is 0 Å². The molecule has 14 heavy (non-hydrogen) atoms. The van der Waals surface area contributed by atoms with E-state index in [9.17, 15) is 4.79 Å². The number of nitrogens with one attached hydrogen (secondary N) is 1. The summed E-state index contributed by atoms with van der Waals surface area (Å²) < 4.78 is 10.6. The van der Waals surface area contributed by atoms with E-state index in [1.165, 1.54) is 0 Å². The maximum Gasteiger partial charge on any atom is 0.323 e. The Morgan fingerprint density at radius 2 is 2.36 bits per heavy atom. The van der Waals surface area contributed by atoms with Gasteiger partial charge in [0.05, 0.1) is 6.10 Å². The summed E-state index contributed by atoms with van der Waals surface area (Å²) in [5, 5.41) is 3.12. The molecule has 2 aliphatic rings. The average molecular weight is 199 g/mol. The molecule has 2 atom stereocenters. The largest absolute Gasteiger partial charge is 0.462 e. The zero-order valence-electron chi connectivity index (χ0n) is 8.33. The van der Waals surface area contributed by atoms with E-state index < -0.39 is 0 Å². The van der Waals surface area contributed by atoms with Crippen LogP contribution in [0, 0.1) is 0 Å². The molecular weight excluding hydrogens is 182 g/mol. The lowest BCUT2D eigenvalue weighted by molar-refractivity contribution is -0.148. The van der Waals surface area contributed by atoms with Crippen LogP contribution in [0.15, 0.2) is 0 Å². The Morgan fingerprint density at radius 1 is 1.43 bits per heavy atom. The summed E-state index contributed by atoms with van der Waals surface area (Å²) >= 11 is 0. The van der Waals surface area contributed by atoms with E-state index in [1.54, 1.807) is 0 Å². The van der Waals surface area contributed by atoms with Gasteiger partial charge in [-0.25, -0.2) is 0 Å². The maximum absolute atomic E-state index is 11.5. The molecule has 0 saturated carbocycles. The normalized spacial score (nSPS) is 32.0. The van der Waals surface area contributed by atoms with E-state index in [2.05, 4.69) is 5.32 Å². The molecule has 0 aliphatic carbocycles. The highest BCUT2D eigenvalue weighted by Gasteiger charge is 2.25. The highest BCUT2D eigenvalue weighted by atomic mass is 16.6. The second-order valence-corrected chi connectivity index (χ2v) is 3.91. The van der Waals surface area contributed by atoms with Crippen molar-refractivity contribution in [1.82, 2.24) is 5.32 Å². The van der Waals surface area contributed by atoms with Gasteiger partial charge in [-0.05, 0) is 32.2 Å². The molecule has 80 valence electrons. The molecule has 0 radical (unpaired) electrons. The first-order valence-corrected chi connectivity index (χ1v) is 5.38. The highest BCUT2D eigenvalue weighted by Crippen LogP contribution is 2.13. The minimum atomic E-state index is -0.113. The molecule has 0 aromatic rings. The summed E-state index contributed by atoms with van der Waals surface area (Å²) in [6, 6.07) is -0.0728. The Labute approximate surface area is 84.0 Å². The third kappa shape index (κ3) is 2.45. The molecule has 0 bridgehead atoms. The van der Waals surface area contributed by atoms with Crippen molar-refractivity contribution in [1.29, 1.82) is 0 Å². The van der Waals surface area contributed by atoms with Gasteiger partial charge in [0, 0.05) is 6.61 Å². The predicted octanol–water partition coefficient (Wildman–Crippen LogP) is 0.461. The zero-order valence-corrected chi connectivity index (χ0v) is 8.33. The summed E-state index contributed by atoms with van der Waals surface area (Å²) in [5.41, 5.74) is 0. The Balaban J connectivity index is 1.66. The minimum absolute atomic E-state index is 0.0728. The Morgan fingerprint density at radius 3 is 3.00 bits per heavy atom. The van der Waals surface area contributed by atoms with E-state index in [0.717, 1.165) is 38.8 Å². The number of rotatable bonds is 3. The van der Waals surface area contributed by atoms with Gasteiger partial charge in [-0.3, -0.25) is 4.79 Å². The number of hydrogen-bond acceptors (Lipinski definition) is 4. The summed E-state index contributed by atoms with van der Waals surface area (Å²) in [7, 11) is 0. The van der Waals surface area contributed by atoms with Crippen molar-refractivity contribution in [2.75, 3.05) is 19.8 Å². The molecule has 2 fully saturated rings. The van der Waals surface area contributed by atoms with Crippen molar-refractivity contribution in [3.05, 3.63) is 0 Å². The second-order valence-electron chi connectivity index (χ2n) is 3.91. The first-order chi connectivity index (χ1) is 6.86. The fraction of sp³-hybridized carbons (Fsp3) is 0.900. The molecule has 0 amide bonds. The molecule has 4 heteroatoms. The van der Waals surface area contributed by atoms with E-state index >= 15 is 0 Å². The predicted molar refractivity (Wildman–Crippen MR) is 51.0 cm³/mol. The molecule has 1 N–H and O–H groups in total. The molecular formula is C10H17NO3. The highest BCUT2D eigenvalue weighted by molar-refractivity contribution is 5.76. The van der Waals surface area contributed by atoms with Crippen LogP contribution in [0.25, 0.3) is 0 Å². The molecule has 0 aromatic heterocycles. The topological polar surface area (TPSA) is 47.6 Å². The average Bonchev–Trinajstić information content (AvgIpc) is 2.87. The van der Waals surface area contributed by atoms with Crippen LogP contribution in [0.5, 0.6) is 0 Å². The molecule has 2 rings (SSSR count). The van der Waals surface area contributed by atoms with Crippen LogP contribution in [0.3, 0.4) is 0 Å². The van der Waals surface area contributed by atoms with Crippen molar-refractivity contribution >= 4 is 5.97 Å². The summed E-state index contributed by atoms with van der Waals surface area (Å²) in [6.07, 6.45) is 4.22. The third-order valence-corrected chi connectivity index (χ3v) is 2.78. The quantitative estimate of drug-likeness (QED) is 0.671. The van der Waals surface area contributed by atoms with E-state index in [4.69, 9.17) is 9.47 Å². The number of esters is 1. The van der Waals surface area contributed by atoms with Gasteiger partial charge in [-0.1, -0.05) is 0 Å². The summed E-state index contributed by atoms with van der Waals surface area (Å²) in [4.78, 5) is 11.5. The van der Waals surface area contributed by atoms with Gasteiger partial charge in [0.15, 0.2) is 0 Å². The van der Waals surface area contributed by atoms with E-state index in [0.29, 0.717) is 6.61 Å². The number of hydrogen-bond donors (Lipinski definition) is 1. The smallest absolute Gasteiger partial charge is 0.323 e.